The number of rotatable bonds is 6. The van der Waals surface area contributed by atoms with Crippen molar-refractivity contribution in [2.75, 3.05) is 28.0 Å². The normalized spacial score (nSPS) is 13.6. The Bertz CT molecular complexity index is 955. The van der Waals surface area contributed by atoms with Gasteiger partial charge in [-0.2, -0.15) is 0 Å². The first kappa shape index (κ1) is 18.9. The first-order chi connectivity index (χ1) is 12.9. The van der Waals surface area contributed by atoms with Crippen LogP contribution in [0.5, 0.6) is 0 Å². The number of hydrogen-bond acceptors (Lipinski definition) is 5. The van der Waals surface area contributed by atoms with Gasteiger partial charge in [0.15, 0.2) is 0 Å². The molecular formula is C19H22N4O3S. The highest BCUT2D eigenvalue weighted by Crippen LogP contribution is 2.30. The molecule has 1 aliphatic heterocycles. The van der Waals surface area contributed by atoms with Gasteiger partial charge in [-0.25, -0.2) is 13.4 Å². The average Bonchev–Trinajstić information content (AvgIpc) is 2.66. The molecule has 0 atom stereocenters. The largest absolute Gasteiger partial charge is 0.380 e. The van der Waals surface area contributed by atoms with E-state index >= 15 is 0 Å². The predicted octanol–water partition coefficient (Wildman–Crippen LogP) is 2.78. The molecule has 0 bridgehead atoms. The van der Waals surface area contributed by atoms with Crippen LogP contribution in [-0.2, 0) is 21.2 Å². The number of anilines is 3. The zero-order valence-electron chi connectivity index (χ0n) is 15.1. The molecule has 0 fully saturated rings. The van der Waals surface area contributed by atoms with Crippen LogP contribution >= 0.6 is 0 Å². The number of carbonyl (C=O) groups excluding carboxylic acids is 1. The van der Waals surface area contributed by atoms with E-state index < -0.39 is 10.0 Å². The van der Waals surface area contributed by atoms with E-state index in [1.807, 2.05) is 0 Å². The lowest BCUT2D eigenvalue weighted by Gasteiger charge is -2.28. The van der Waals surface area contributed by atoms with Crippen LogP contribution in [0.1, 0.15) is 18.9 Å². The zero-order chi connectivity index (χ0) is 19.4. The van der Waals surface area contributed by atoms with Crippen molar-refractivity contribution in [2.24, 2.45) is 0 Å². The fourth-order valence-electron chi connectivity index (χ4n) is 3.01. The first-order valence-electron chi connectivity index (χ1n) is 8.65. The molecule has 0 saturated carbocycles. The van der Waals surface area contributed by atoms with Crippen molar-refractivity contribution >= 4 is 33.1 Å². The summed E-state index contributed by atoms with van der Waals surface area (Å²) in [6.07, 6.45) is 4.83. The minimum absolute atomic E-state index is 0.0426. The second-order valence-corrected chi connectivity index (χ2v) is 7.95. The standard InChI is InChI=1S/C19H22N4O3S/c1-3-10-20-16-6-9-19(21-13-16)22-27(25,26)17-7-8-18-15(12-17)5-4-11-23(18)14(2)24/h3,6-9,12-13,20H,1,4-5,10-11H2,2H3,(H,21,22). The third kappa shape index (κ3) is 4.28. The third-order valence-electron chi connectivity index (χ3n) is 4.31. The van der Waals surface area contributed by atoms with Gasteiger partial charge in [0.2, 0.25) is 5.91 Å². The predicted molar refractivity (Wildman–Crippen MR) is 107 cm³/mol. The number of sulfonamides is 1. The zero-order valence-corrected chi connectivity index (χ0v) is 15.9. The fraction of sp³-hybridized carbons (Fsp3) is 0.263. The molecule has 2 heterocycles. The Morgan fingerprint density at radius 3 is 2.81 bits per heavy atom. The van der Waals surface area contributed by atoms with Gasteiger partial charge < -0.3 is 10.2 Å². The van der Waals surface area contributed by atoms with Crippen molar-refractivity contribution in [1.29, 1.82) is 0 Å². The van der Waals surface area contributed by atoms with Gasteiger partial charge in [-0.1, -0.05) is 6.08 Å². The lowest BCUT2D eigenvalue weighted by Crippen LogP contribution is -2.33. The molecule has 2 aromatic rings. The second kappa shape index (κ2) is 7.79. The van der Waals surface area contributed by atoms with Gasteiger partial charge in [-0.15, -0.1) is 6.58 Å². The van der Waals surface area contributed by atoms with E-state index in [0.29, 0.717) is 13.1 Å². The van der Waals surface area contributed by atoms with E-state index in [2.05, 4.69) is 21.6 Å². The van der Waals surface area contributed by atoms with Crippen LogP contribution < -0.4 is 14.9 Å². The molecule has 1 aromatic carbocycles. The van der Waals surface area contributed by atoms with Crippen LogP contribution in [0.15, 0.2) is 54.1 Å². The Hall–Kier alpha value is -2.87. The van der Waals surface area contributed by atoms with Gasteiger partial charge in [0, 0.05) is 25.7 Å². The molecule has 0 unspecified atom stereocenters. The van der Waals surface area contributed by atoms with E-state index in [9.17, 15) is 13.2 Å². The van der Waals surface area contributed by atoms with E-state index in [-0.39, 0.29) is 16.6 Å². The second-order valence-electron chi connectivity index (χ2n) is 6.27. The van der Waals surface area contributed by atoms with Gasteiger partial charge in [0.25, 0.3) is 10.0 Å². The number of aryl methyl sites for hydroxylation is 1. The Morgan fingerprint density at radius 1 is 1.33 bits per heavy atom. The van der Waals surface area contributed by atoms with E-state index in [4.69, 9.17) is 0 Å². The van der Waals surface area contributed by atoms with Gasteiger partial charge in [-0.3, -0.25) is 9.52 Å². The molecule has 0 spiro atoms. The summed E-state index contributed by atoms with van der Waals surface area (Å²) in [5, 5.41) is 3.07. The topological polar surface area (TPSA) is 91.4 Å². The Kier molecular flexibility index (Phi) is 5.46. The molecule has 0 saturated heterocycles. The highest BCUT2D eigenvalue weighted by atomic mass is 32.2. The highest BCUT2D eigenvalue weighted by molar-refractivity contribution is 7.92. The monoisotopic (exact) mass is 386 g/mol. The molecule has 0 radical (unpaired) electrons. The van der Waals surface area contributed by atoms with Crippen LogP contribution in [0.4, 0.5) is 17.2 Å². The number of aromatic nitrogens is 1. The lowest BCUT2D eigenvalue weighted by atomic mass is 10.0. The van der Waals surface area contributed by atoms with Crippen molar-refractivity contribution in [1.82, 2.24) is 4.98 Å². The summed E-state index contributed by atoms with van der Waals surface area (Å²) in [6, 6.07) is 8.18. The minimum atomic E-state index is -3.77. The van der Waals surface area contributed by atoms with E-state index in [1.54, 1.807) is 41.4 Å². The molecule has 1 aromatic heterocycles. The lowest BCUT2D eigenvalue weighted by molar-refractivity contribution is -0.116. The van der Waals surface area contributed by atoms with Crippen LogP contribution in [-0.4, -0.2) is 32.4 Å². The van der Waals surface area contributed by atoms with Crippen molar-refractivity contribution in [2.45, 2.75) is 24.7 Å². The highest BCUT2D eigenvalue weighted by Gasteiger charge is 2.23. The molecule has 8 heteroatoms. The summed E-state index contributed by atoms with van der Waals surface area (Å²) in [6.45, 7) is 6.39. The number of nitrogens with one attached hydrogen (secondary N) is 2. The molecule has 142 valence electrons. The van der Waals surface area contributed by atoms with Crippen molar-refractivity contribution in [3.8, 4) is 0 Å². The minimum Gasteiger partial charge on any atom is -0.380 e. The van der Waals surface area contributed by atoms with Crippen LogP contribution in [0.25, 0.3) is 0 Å². The summed E-state index contributed by atoms with van der Waals surface area (Å²) < 4.78 is 27.9. The summed E-state index contributed by atoms with van der Waals surface area (Å²) in [5.41, 5.74) is 2.41. The molecule has 3 rings (SSSR count). The number of hydrogen-bond donors (Lipinski definition) is 2. The quantitative estimate of drug-likeness (QED) is 0.745. The smallest absolute Gasteiger partial charge is 0.263 e. The van der Waals surface area contributed by atoms with Crippen LogP contribution in [0.2, 0.25) is 0 Å². The van der Waals surface area contributed by atoms with Crippen LogP contribution in [0, 0.1) is 0 Å². The van der Waals surface area contributed by atoms with Crippen molar-refractivity contribution in [3.63, 3.8) is 0 Å². The fourth-order valence-corrected chi connectivity index (χ4v) is 4.07. The van der Waals surface area contributed by atoms with Crippen molar-refractivity contribution < 1.29 is 13.2 Å². The number of benzene rings is 1. The number of fused-ring (bicyclic) bond motifs is 1. The summed E-state index contributed by atoms with van der Waals surface area (Å²) in [4.78, 5) is 17.7. The van der Waals surface area contributed by atoms with Crippen LogP contribution in [0.3, 0.4) is 0 Å². The van der Waals surface area contributed by atoms with Gasteiger partial charge in [0.05, 0.1) is 16.8 Å². The Morgan fingerprint density at radius 2 is 2.15 bits per heavy atom. The van der Waals surface area contributed by atoms with E-state index in [0.717, 1.165) is 29.8 Å². The molecule has 1 amide bonds. The Balaban J connectivity index is 1.81. The molecular weight excluding hydrogens is 364 g/mol. The third-order valence-corrected chi connectivity index (χ3v) is 5.67. The summed E-state index contributed by atoms with van der Waals surface area (Å²) >= 11 is 0. The van der Waals surface area contributed by atoms with E-state index in [1.165, 1.54) is 13.0 Å². The number of amides is 1. The molecule has 0 aliphatic carbocycles. The Labute approximate surface area is 159 Å². The first-order valence-corrected chi connectivity index (χ1v) is 10.1. The molecule has 27 heavy (non-hydrogen) atoms. The maximum atomic E-state index is 12.7. The van der Waals surface area contributed by atoms with Gasteiger partial charge >= 0.3 is 0 Å². The maximum Gasteiger partial charge on any atom is 0.263 e. The van der Waals surface area contributed by atoms with Gasteiger partial charge in [0.1, 0.15) is 5.82 Å². The molecule has 1 aliphatic rings. The molecule has 7 nitrogen and oxygen atoms in total. The van der Waals surface area contributed by atoms with Gasteiger partial charge in [-0.05, 0) is 48.7 Å². The summed E-state index contributed by atoms with van der Waals surface area (Å²) in [5.74, 6) is 0.196. The SMILES string of the molecule is C=CCNc1ccc(NS(=O)(=O)c2ccc3c(c2)CCCN3C(C)=O)nc1. The van der Waals surface area contributed by atoms with Crippen molar-refractivity contribution in [3.05, 3.63) is 54.7 Å². The number of pyridine rings is 1. The summed E-state index contributed by atoms with van der Waals surface area (Å²) in [7, 11) is -3.77. The maximum absolute atomic E-state index is 12.7. The molecule has 2 N–H and O–H groups in total. The number of carbonyl (C=O) groups is 1. The number of nitrogens with zero attached hydrogens (tertiary/aromatic N) is 2. The average molecular weight is 386 g/mol.